The van der Waals surface area contributed by atoms with Gasteiger partial charge in [0, 0.05) is 25.5 Å². The van der Waals surface area contributed by atoms with E-state index in [1.165, 1.54) is 0 Å². The largest absolute Gasteiger partial charge is 0.494 e. The lowest BCUT2D eigenvalue weighted by atomic mass is 9.96. The zero-order valence-corrected chi connectivity index (χ0v) is 18.2. The molecule has 0 spiro atoms. The number of rotatable bonds is 9. The molecule has 3 rings (SSSR count). The van der Waals surface area contributed by atoms with E-state index in [-0.39, 0.29) is 17.8 Å². The number of anilines is 1. The molecule has 0 radical (unpaired) electrons. The van der Waals surface area contributed by atoms with E-state index in [1.54, 1.807) is 6.92 Å². The van der Waals surface area contributed by atoms with Crippen molar-refractivity contribution >= 4 is 23.1 Å². The van der Waals surface area contributed by atoms with Crippen LogP contribution in [0, 0.1) is 0 Å². The number of hydrogen-bond donors (Lipinski definition) is 0. The summed E-state index contributed by atoms with van der Waals surface area (Å²) in [5, 5.41) is 0.711. The van der Waals surface area contributed by atoms with E-state index in [9.17, 15) is 4.79 Å². The average molecular weight is 416 g/mol. The van der Waals surface area contributed by atoms with Gasteiger partial charge in [-0.1, -0.05) is 37.6 Å². The quantitative estimate of drug-likeness (QED) is 0.513. The first kappa shape index (κ1) is 21.5. The Hall–Kier alpha value is -2.20. The number of halogens is 1. The van der Waals surface area contributed by atoms with Crippen LogP contribution in [0.5, 0.6) is 11.5 Å². The molecule has 5 heteroatoms. The van der Waals surface area contributed by atoms with Crippen LogP contribution in [0.1, 0.15) is 51.5 Å². The van der Waals surface area contributed by atoms with Crippen molar-refractivity contribution < 1.29 is 14.3 Å². The van der Waals surface area contributed by atoms with Gasteiger partial charge in [-0.05, 0) is 49.1 Å². The molecule has 2 aromatic rings. The van der Waals surface area contributed by atoms with Crippen LogP contribution in [0.15, 0.2) is 42.5 Å². The summed E-state index contributed by atoms with van der Waals surface area (Å²) >= 11 is 6.49. The maximum absolute atomic E-state index is 11.3. The van der Waals surface area contributed by atoms with Crippen LogP contribution in [0.3, 0.4) is 0 Å². The molecule has 0 N–H and O–H groups in total. The van der Waals surface area contributed by atoms with Gasteiger partial charge in [-0.2, -0.15) is 0 Å². The lowest BCUT2D eigenvalue weighted by molar-refractivity contribution is -0.117. The van der Waals surface area contributed by atoms with Gasteiger partial charge in [-0.15, -0.1) is 0 Å². The van der Waals surface area contributed by atoms with Crippen molar-refractivity contribution in [2.24, 2.45) is 0 Å². The molecule has 4 nitrogen and oxygen atoms in total. The zero-order chi connectivity index (χ0) is 20.8. The summed E-state index contributed by atoms with van der Waals surface area (Å²) in [4.78, 5) is 13.6. The highest BCUT2D eigenvalue weighted by molar-refractivity contribution is 6.33. The number of nitrogens with zero attached hydrogens (tertiary/aromatic N) is 1. The molecule has 1 heterocycles. The number of carbonyl (C=O) groups is 1. The van der Waals surface area contributed by atoms with E-state index in [0.29, 0.717) is 18.1 Å². The van der Waals surface area contributed by atoms with Crippen molar-refractivity contribution in [1.82, 2.24) is 0 Å². The maximum atomic E-state index is 11.3. The van der Waals surface area contributed by atoms with Gasteiger partial charge in [0.05, 0.1) is 23.9 Å². The summed E-state index contributed by atoms with van der Waals surface area (Å²) in [5.74, 6) is 2.12. The fourth-order valence-electron chi connectivity index (χ4n) is 3.71. The number of benzene rings is 2. The van der Waals surface area contributed by atoms with E-state index in [1.807, 2.05) is 30.3 Å². The summed E-state index contributed by atoms with van der Waals surface area (Å²) in [7, 11) is 0. The van der Waals surface area contributed by atoms with Crippen LogP contribution in [0.25, 0.3) is 0 Å². The standard InChI is InChI=1S/C24H30ClNO3/c1-4-13-28-21-9-10-24(23(25)15-21)26-12-11-22(16-26)29-20-7-5-19(6-8-20)17(2)14-18(3)27/h5-10,15,17,22H,4,11-14,16H2,1-3H3/t17-,22?/m1/s1. The van der Waals surface area contributed by atoms with Crippen molar-refractivity contribution in [1.29, 1.82) is 0 Å². The number of ketones is 1. The molecule has 1 aliphatic heterocycles. The molecule has 2 aromatic carbocycles. The van der Waals surface area contributed by atoms with Crippen molar-refractivity contribution in [3.8, 4) is 11.5 Å². The van der Waals surface area contributed by atoms with Gasteiger partial charge in [0.1, 0.15) is 23.4 Å². The van der Waals surface area contributed by atoms with Crippen LogP contribution >= 0.6 is 11.6 Å². The highest BCUT2D eigenvalue weighted by Crippen LogP contribution is 2.33. The lowest BCUT2D eigenvalue weighted by Gasteiger charge is -2.21. The molecular weight excluding hydrogens is 386 g/mol. The fraction of sp³-hybridized carbons (Fsp3) is 0.458. The Bertz CT molecular complexity index is 821. The predicted octanol–water partition coefficient (Wildman–Crippen LogP) is 5.87. The van der Waals surface area contributed by atoms with Crippen LogP contribution in [0.2, 0.25) is 5.02 Å². The number of ether oxygens (including phenoxy) is 2. The minimum atomic E-state index is 0.127. The van der Waals surface area contributed by atoms with Gasteiger partial charge in [0.15, 0.2) is 0 Å². The fourth-order valence-corrected chi connectivity index (χ4v) is 4.00. The molecule has 0 aromatic heterocycles. The molecule has 1 unspecified atom stereocenters. The van der Waals surface area contributed by atoms with E-state index in [4.69, 9.17) is 21.1 Å². The minimum absolute atomic E-state index is 0.127. The molecule has 156 valence electrons. The van der Waals surface area contributed by atoms with Crippen LogP contribution in [-0.2, 0) is 4.79 Å². The normalized spacial score (nSPS) is 17.2. The van der Waals surface area contributed by atoms with Gasteiger partial charge < -0.3 is 19.2 Å². The summed E-state index contributed by atoms with van der Waals surface area (Å²) in [6.07, 6.45) is 2.62. The van der Waals surface area contributed by atoms with Gasteiger partial charge >= 0.3 is 0 Å². The molecule has 2 atom stereocenters. The summed E-state index contributed by atoms with van der Waals surface area (Å²) in [5.41, 5.74) is 2.19. The van der Waals surface area contributed by atoms with Crippen LogP contribution in [0.4, 0.5) is 5.69 Å². The highest BCUT2D eigenvalue weighted by atomic mass is 35.5. The number of hydrogen-bond acceptors (Lipinski definition) is 4. The topological polar surface area (TPSA) is 38.8 Å². The van der Waals surface area contributed by atoms with E-state index < -0.39 is 0 Å². The molecule has 0 aliphatic carbocycles. The number of carbonyl (C=O) groups excluding carboxylic acids is 1. The summed E-state index contributed by atoms with van der Waals surface area (Å²) < 4.78 is 11.8. The molecule has 0 saturated carbocycles. The molecule has 1 saturated heterocycles. The third kappa shape index (κ3) is 5.89. The second-order valence-corrected chi connectivity index (χ2v) is 8.22. The maximum Gasteiger partial charge on any atom is 0.130 e. The molecular formula is C24H30ClNO3. The number of Topliss-reactive ketones (excluding diaryl/α,β-unsaturated/α-hetero) is 1. The Labute approximate surface area is 178 Å². The second kappa shape index (κ2) is 10.0. The Morgan fingerprint density at radius 2 is 1.93 bits per heavy atom. The Morgan fingerprint density at radius 3 is 2.59 bits per heavy atom. The van der Waals surface area contributed by atoms with E-state index in [0.717, 1.165) is 48.7 Å². The zero-order valence-electron chi connectivity index (χ0n) is 17.5. The first-order valence-electron chi connectivity index (χ1n) is 10.4. The average Bonchev–Trinajstić information content (AvgIpc) is 3.14. The molecule has 0 amide bonds. The lowest BCUT2D eigenvalue weighted by Crippen LogP contribution is -2.24. The highest BCUT2D eigenvalue weighted by Gasteiger charge is 2.25. The minimum Gasteiger partial charge on any atom is -0.494 e. The third-order valence-electron chi connectivity index (χ3n) is 5.22. The van der Waals surface area contributed by atoms with Crippen LogP contribution < -0.4 is 14.4 Å². The van der Waals surface area contributed by atoms with Crippen molar-refractivity contribution in [3.05, 3.63) is 53.1 Å². The van der Waals surface area contributed by atoms with Gasteiger partial charge in [0.2, 0.25) is 0 Å². The molecule has 0 bridgehead atoms. The van der Waals surface area contributed by atoms with E-state index in [2.05, 4.69) is 30.9 Å². The Balaban J connectivity index is 1.56. The Kier molecular flexibility index (Phi) is 7.43. The van der Waals surface area contributed by atoms with Crippen molar-refractivity contribution in [3.63, 3.8) is 0 Å². The first-order valence-corrected chi connectivity index (χ1v) is 10.8. The van der Waals surface area contributed by atoms with Crippen molar-refractivity contribution in [2.75, 3.05) is 24.6 Å². The monoisotopic (exact) mass is 415 g/mol. The van der Waals surface area contributed by atoms with Crippen molar-refractivity contribution in [2.45, 2.75) is 52.1 Å². The molecule has 29 heavy (non-hydrogen) atoms. The van der Waals surface area contributed by atoms with Gasteiger partial charge in [-0.3, -0.25) is 0 Å². The predicted molar refractivity (Wildman–Crippen MR) is 119 cm³/mol. The van der Waals surface area contributed by atoms with Gasteiger partial charge in [-0.25, -0.2) is 0 Å². The Morgan fingerprint density at radius 1 is 1.21 bits per heavy atom. The first-order chi connectivity index (χ1) is 14.0. The van der Waals surface area contributed by atoms with Gasteiger partial charge in [0.25, 0.3) is 0 Å². The smallest absolute Gasteiger partial charge is 0.130 e. The summed E-state index contributed by atoms with van der Waals surface area (Å²) in [6, 6.07) is 14.0. The second-order valence-electron chi connectivity index (χ2n) is 7.81. The SMILES string of the molecule is CCCOc1ccc(N2CCC(Oc3ccc([C@H](C)CC(C)=O)cc3)C2)c(Cl)c1. The van der Waals surface area contributed by atoms with Crippen LogP contribution in [-0.4, -0.2) is 31.6 Å². The van der Waals surface area contributed by atoms with E-state index >= 15 is 0 Å². The molecule has 1 fully saturated rings. The third-order valence-corrected chi connectivity index (χ3v) is 5.53. The summed E-state index contributed by atoms with van der Waals surface area (Å²) in [6.45, 7) is 8.21. The molecule has 1 aliphatic rings.